The minimum Gasteiger partial charge on any atom is -0.507 e. The number of phenolic OH excluding ortho intramolecular Hbond substituents is 1. The molecule has 3 aromatic carbocycles. The van der Waals surface area contributed by atoms with Crippen molar-refractivity contribution in [1.29, 1.82) is 0 Å². The first-order chi connectivity index (χ1) is 25.3. The molecular formula is C49H74FNO4. The highest BCUT2D eigenvalue weighted by atomic mass is 19.1. The van der Waals surface area contributed by atoms with E-state index in [2.05, 4.69) is 135 Å². The van der Waals surface area contributed by atoms with Crippen LogP contribution in [0.5, 0.6) is 17.2 Å². The first kappa shape index (κ1) is 46.0. The molecule has 0 bridgehead atoms. The summed E-state index contributed by atoms with van der Waals surface area (Å²) in [7, 11) is 0. The van der Waals surface area contributed by atoms with Crippen molar-refractivity contribution < 1.29 is 24.1 Å². The molecule has 0 heterocycles. The zero-order chi connectivity index (χ0) is 41.7. The van der Waals surface area contributed by atoms with Gasteiger partial charge in [-0.3, -0.25) is 4.99 Å². The summed E-state index contributed by atoms with van der Waals surface area (Å²) in [5, 5.41) is 24.9. The lowest BCUT2D eigenvalue weighted by molar-refractivity contribution is 0.0323. The highest BCUT2D eigenvalue weighted by molar-refractivity contribution is 5.83. The number of rotatable bonds is 15. The van der Waals surface area contributed by atoms with Crippen LogP contribution < -0.4 is 9.47 Å². The van der Waals surface area contributed by atoms with Crippen LogP contribution >= 0.6 is 0 Å². The van der Waals surface area contributed by atoms with Gasteiger partial charge >= 0.3 is 0 Å². The highest BCUT2D eigenvalue weighted by Crippen LogP contribution is 2.50. The molecule has 2 atom stereocenters. The Morgan fingerprint density at radius 2 is 1.04 bits per heavy atom. The number of hydrogen-bond donors (Lipinski definition) is 2. The largest absolute Gasteiger partial charge is 0.507 e. The van der Waals surface area contributed by atoms with Gasteiger partial charge in [0.2, 0.25) is 0 Å². The number of benzene rings is 3. The predicted molar refractivity (Wildman–Crippen MR) is 230 cm³/mol. The van der Waals surface area contributed by atoms with Gasteiger partial charge in [-0.1, -0.05) is 130 Å². The molecule has 0 aliphatic heterocycles. The van der Waals surface area contributed by atoms with Crippen molar-refractivity contribution in [3.63, 3.8) is 0 Å². The fourth-order valence-corrected chi connectivity index (χ4v) is 7.06. The molecule has 3 rings (SSSR count). The minimum absolute atomic E-state index is 0.0752. The molecule has 2 N–H and O–H groups in total. The Kier molecular flexibility index (Phi) is 14.9. The molecule has 5 nitrogen and oxygen atoms in total. The van der Waals surface area contributed by atoms with Crippen molar-refractivity contribution in [2.75, 3.05) is 13.2 Å². The lowest BCUT2D eigenvalue weighted by Gasteiger charge is -2.42. The zero-order valence-corrected chi connectivity index (χ0v) is 37.3. The van der Waals surface area contributed by atoms with Gasteiger partial charge in [-0.15, -0.1) is 0 Å². The molecule has 3 aromatic rings. The number of unbranched alkanes of at least 4 members (excludes halogenated alkanes) is 2. The topological polar surface area (TPSA) is 71.3 Å². The van der Waals surface area contributed by atoms with E-state index >= 15 is 0 Å². The molecule has 0 aromatic heterocycles. The van der Waals surface area contributed by atoms with Crippen LogP contribution in [0.1, 0.15) is 182 Å². The quantitative estimate of drug-likeness (QED) is 0.120. The summed E-state index contributed by atoms with van der Waals surface area (Å²) >= 11 is 0. The van der Waals surface area contributed by atoms with Crippen LogP contribution in [0.15, 0.2) is 47.5 Å². The Balaban J connectivity index is 2.68. The maximum atomic E-state index is 14.5. The number of ether oxygens (including phenoxy) is 2. The van der Waals surface area contributed by atoms with Crippen molar-refractivity contribution in [1.82, 2.24) is 0 Å². The summed E-state index contributed by atoms with van der Waals surface area (Å²) in [5.41, 5.74) is 2.77. The van der Waals surface area contributed by atoms with E-state index in [0.29, 0.717) is 19.6 Å². The second kappa shape index (κ2) is 17.8. The van der Waals surface area contributed by atoms with Gasteiger partial charge in [-0.2, -0.15) is 0 Å². The van der Waals surface area contributed by atoms with Gasteiger partial charge in [0.1, 0.15) is 28.7 Å². The highest BCUT2D eigenvalue weighted by Gasteiger charge is 2.46. The molecule has 6 heteroatoms. The molecule has 306 valence electrons. The van der Waals surface area contributed by atoms with E-state index in [1.165, 1.54) is 24.4 Å². The van der Waals surface area contributed by atoms with Crippen LogP contribution in [0.3, 0.4) is 0 Å². The van der Waals surface area contributed by atoms with E-state index in [1.807, 2.05) is 0 Å². The lowest BCUT2D eigenvalue weighted by Crippen LogP contribution is -2.44. The van der Waals surface area contributed by atoms with Gasteiger partial charge in [0, 0.05) is 34.0 Å². The fourth-order valence-electron chi connectivity index (χ4n) is 7.06. The molecule has 0 radical (unpaired) electrons. The van der Waals surface area contributed by atoms with Crippen LogP contribution in [-0.2, 0) is 27.3 Å². The van der Waals surface area contributed by atoms with Crippen LogP contribution in [0.4, 0.5) is 4.39 Å². The van der Waals surface area contributed by atoms with E-state index in [9.17, 15) is 14.6 Å². The normalized spacial score (nSPS) is 14.4. The third-order valence-electron chi connectivity index (χ3n) is 10.8. The Hall–Kier alpha value is -3.38. The lowest BCUT2D eigenvalue weighted by atomic mass is 9.68. The van der Waals surface area contributed by atoms with Gasteiger partial charge in [-0.25, -0.2) is 4.39 Å². The average Bonchev–Trinajstić information content (AvgIpc) is 3.07. The van der Waals surface area contributed by atoms with Gasteiger partial charge < -0.3 is 19.7 Å². The Labute approximate surface area is 334 Å². The van der Waals surface area contributed by atoms with Crippen LogP contribution in [-0.4, -0.2) is 35.7 Å². The number of halogens is 1. The monoisotopic (exact) mass is 760 g/mol. The Bertz CT molecular complexity index is 1600. The molecule has 0 spiro atoms. The second-order valence-corrected chi connectivity index (χ2v) is 19.8. The maximum Gasteiger partial charge on any atom is 0.137 e. The third-order valence-corrected chi connectivity index (χ3v) is 10.8. The molecule has 55 heavy (non-hydrogen) atoms. The Morgan fingerprint density at radius 3 is 1.36 bits per heavy atom. The molecule has 0 fully saturated rings. The van der Waals surface area contributed by atoms with E-state index in [1.54, 1.807) is 0 Å². The van der Waals surface area contributed by atoms with Gasteiger partial charge in [0.15, 0.2) is 0 Å². The fraction of sp³-hybridized carbons (Fsp3) is 0.612. The number of aliphatic hydroxyl groups is 1. The molecule has 0 saturated carbocycles. The average molecular weight is 760 g/mol. The number of aromatic hydroxyl groups is 1. The number of aliphatic imine (C=N–C) groups is 1. The van der Waals surface area contributed by atoms with E-state index in [4.69, 9.17) is 14.5 Å². The van der Waals surface area contributed by atoms with Crippen LogP contribution in [0.25, 0.3) is 0 Å². The number of phenols is 1. The second-order valence-electron chi connectivity index (χ2n) is 19.8. The predicted octanol–water partition coefficient (Wildman–Crippen LogP) is 12.8. The first-order valence-corrected chi connectivity index (χ1v) is 20.7. The van der Waals surface area contributed by atoms with Crippen molar-refractivity contribution in [3.8, 4) is 17.2 Å². The standard InChI is InChI=1S/C49H74FNO4/c1-17-20-24-54-42-37(45(5,6)7)27-34(28-38(42)46(8,9)10)49(53,44(32(4)19-3)51-31-33-26-36(50)22-23-41(33)52)35-29-39(47(11,12)13)43(55-25-21-18-2)40(30-35)48(14,15)16/h22-23,26-32,44,52-53H,17-21,24-25H2,1-16H3. The molecule has 0 saturated heterocycles. The van der Waals surface area contributed by atoms with E-state index < -0.39 is 17.5 Å². The van der Waals surface area contributed by atoms with Gasteiger partial charge in [-0.05, 0) is 94.0 Å². The van der Waals surface area contributed by atoms with Crippen molar-refractivity contribution >= 4 is 6.21 Å². The van der Waals surface area contributed by atoms with Gasteiger partial charge in [0.25, 0.3) is 0 Å². The van der Waals surface area contributed by atoms with Crippen LogP contribution in [0.2, 0.25) is 0 Å². The SMILES string of the molecule is CCCCOc1c(C(C)(C)C)cc(C(O)(c2cc(C(C)(C)C)c(OCCCC)c(C(C)(C)C)c2)C(N=Cc2cc(F)ccc2O)C(C)CC)cc1C(C)(C)C. The summed E-state index contributed by atoms with van der Waals surface area (Å²) < 4.78 is 27.9. The van der Waals surface area contributed by atoms with E-state index in [0.717, 1.165) is 70.6 Å². The summed E-state index contributed by atoms with van der Waals surface area (Å²) in [6.07, 6.45) is 6.16. The van der Waals surface area contributed by atoms with Gasteiger partial charge in [0.05, 0.1) is 19.3 Å². The molecular weight excluding hydrogens is 686 g/mol. The van der Waals surface area contributed by atoms with Crippen molar-refractivity contribution in [3.05, 3.63) is 87.2 Å². The smallest absolute Gasteiger partial charge is 0.137 e. The maximum absolute atomic E-state index is 14.5. The zero-order valence-electron chi connectivity index (χ0n) is 37.3. The summed E-state index contributed by atoms with van der Waals surface area (Å²) in [6.45, 7) is 36.1. The molecule has 0 aliphatic carbocycles. The third kappa shape index (κ3) is 10.9. The summed E-state index contributed by atoms with van der Waals surface area (Å²) in [4.78, 5) is 5.16. The molecule has 0 aliphatic rings. The van der Waals surface area contributed by atoms with E-state index in [-0.39, 0.29) is 38.9 Å². The van der Waals surface area contributed by atoms with Crippen LogP contribution in [0, 0.1) is 11.7 Å². The Morgan fingerprint density at radius 1 is 0.655 bits per heavy atom. The first-order valence-electron chi connectivity index (χ1n) is 20.7. The number of hydrogen-bond acceptors (Lipinski definition) is 5. The summed E-state index contributed by atoms with van der Waals surface area (Å²) in [5.74, 6) is 1.07. The summed E-state index contributed by atoms with van der Waals surface area (Å²) in [6, 6.07) is 11.7. The minimum atomic E-state index is -1.68. The van der Waals surface area contributed by atoms with Crippen molar-refractivity contribution in [2.45, 2.75) is 176 Å². The number of nitrogens with zero attached hydrogens (tertiary/aromatic N) is 1. The van der Waals surface area contributed by atoms with Crippen molar-refractivity contribution in [2.24, 2.45) is 10.9 Å². The molecule has 0 amide bonds. The molecule has 2 unspecified atom stereocenters.